The molecule has 1 rings (SSSR count). The van der Waals surface area contributed by atoms with Crippen LogP contribution < -0.4 is 17.1 Å². The van der Waals surface area contributed by atoms with Crippen LogP contribution in [0.15, 0.2) is 24.3 Å². The number of carbonyl (C=O) groups is 1. The average molecular weight is 298 g/mol. The maximum absolute atomic E-state index is 11.9. The lowest BCUT2D eigenvalue weighted by molar-refractivity contribution is -0.274. The van der Waals surface area contributed by atoms with Gasteiger partial charge in [0.1, 0.15) is 5.75 Å². The third-order valence-electron chi connectivity index (χ3n) is 2.41. The molecular weight excluding hydrogens is 285 g/mol. The van der Waals surface area contributed by atoms with Crippen molar-refractivity contribution in [2.24, 2.45) is 5.92 Å². The lowest BCUT2D eigenvalue weighted by Crippen LogP contribution is -3.00. The summed E-state index contributed by atoms with van der Waals surface area (Å²) in [5.41, 5.74) is 0.451. The van der Waals surface area contributed by atoms with Crippen LogP contribution in [-0.2, 0) is 4.79 Å². The first kappa shape index (κ1) is 17.6. The Morgan fingerprint density at radius 3 is 2.00 bits per heavy atom. The molecule has 0 aromatic heterocycles. The van der Waals surface area contributed by atoms with Gasteiger partial charge in [0.15, 0.2) is 0 Å². The first-order valence-electron chi connectivity index (χ1n) is 5.29. The summed E-state index contributed by atoms with van der Waals surface area (Å²) in [6.45, 7) is 3.47. The Labute approximate surface area is 114 Å². The quantitative estimate of drug-likeness (QED) is 0.876. The van der Waals surface area contributed by atoms with Crippen molar-refractivity contribution in [2.45, 2.75) is 26.1 Å². The molecule has 0 spiro atoms. The van der Waals surface area contributed by atoms with Crippen molar-refractivity contribution in [3.05, 3.63) is 29.8 Å². The summed E-state index contributed by atoms with van der Waals surface area (Å²) in [4.78, 5) is 11.0. The van der Waals surface area contributed by atoms with Crippen LogP contribution in [0.3, 0.4) is 0 Å². The van der Waals surface area contributed by atoms with Gasteiger partial charge in [-0.05, 0) is 23.6 Å². The fourth-order valence-electron chi connectivity index (χ4n) is 1.69. The van der Waals surface area contributed by atoms with E-state index in [4.69, 9.17) is 5.11 Å². The van der Waals surface area contributed by atoms with Gasteiger partial charge in [-0.2, -0.15) is 0 Å². The highest BCUT2D eigenvalue weighted by molar-refractivity contribution is 5.76. The number of aliphatic carboxylic acids is 1. The van der Waals surface area contributed by atoms with Crippen LogP contribution >= 0.6 is 0 Å². The molecule has 1 atom stereocenters. The second-order valence-corrected chi connectivity index (χ2v) is 4.18. The van der Waals surface area contributed by atoms with Crippen molar-refractivity contribution < 1.29 is 40.2 Å². The third kappa shape index (κ3) is 5.38. The minimum atomic E-state index is -4.74. The number of rotatable bonds is 4. The summed E-state index contributed by atoms with van der Waals surface area (Å²) in [5.74, 6) is -2.27. The number of hydrogen-bond donors (Lipinski definition) is 1. The van der Waals surface area contributed by atoms with Crippen molar-refractivity contribution in [1.82, 2.24) is 0 Å². The molecule has 108 valence electrons. The van der Waals surface area contributed by atoms with Crippen molar-refractivity contribution in [1.29, 1.82) is 0 Å². The van der Waals surface area contributed by atoms with Crippen LogP contribution in [0.25, 0.3) is 0 Å². The van der Waals surface area contributed by atoms with Crippen LogP contribution in [0, 0.1) is 5.92 Å². The molecule has 19 heavy (non-hydrogen) atoms. The molecule has 0 radical (unpaired) electrons. The molecule has 1 unspecified atom stereocenters. The molecule has 0 fully saturated rings. The van der Waals surface area contributed by atoms with E-state index in [2.05, 4.69) is 4.74 Å². The van der Waals surface area contributed by atoms with Crippen LogP contribution in [0.4, 0.5) is 13.2 Å². The van der Waals surface area contributed by atoms with Crippen molar-refractivity contribution in [3.8, 4) is 5.75 Å². The molecule has 1 N–H and O–H groups in total. The Bertz CT molecular complexity index is 415. The average Bonchev–Trinajstić information content (AvgIpc) is 2.17. The minimum Gasteiger partial charge on any atom is -1.00 e. The predicted molar refractivity (Wildman–Crippen MR) is 58.3 cm³/mol. The van der Waals surface area contributed by atoms with E-state index in [1.54, 1.807) is 13.8 Å². The second kappa shape index (κ2) is 6.65. The number of hydrogen-bond acceptors (Lipinski definition) is 2. The molecular formula is C12H13ClF3O3-. The highest BCUT2D eigenvalue weighted by Crippen LogP contribution is 2.28. The second-order valence-electron chi connectivity index (χ2n) is 4.18. The number of carboxylic acid groups (broad SMARTS) is 1. The molecule has 7 heteroatoms. The summed E-state index contributed by atoms with van der Waals surface area (Å²) in [5, 5.41) is 9.04. The zero-order valence-electron chi connectivity index (χ0n) is 10.2. The van der Waals surface area contributed by atoms with Crippen LogP contribution in [-0.4, -0.2) is 17.4 Å². The lowest BCUT2D eigenvalue weighted by Gasteiger charge is -2.17. The summed E-state index contributed by atoms with van der Waals surface area (Å²) >= 11 is 0. The topological polar surface area (TPSA) is 46.5 Å². The monoisotopic (exact) mass is 297 g/mol. The van der Waals surface area contributed by atoms with E-state index in [0.29, 0.717) is 5.56 Å². The predicted octanol–water partition coefficient (Wildman–Crippen LogP) is 0.413. The van der Waals surface area contributed by atoms with Crippen LogP contribution in [0.2, 0.25) is 0 Å². The summed E-state index contributed by atoms with van der Waals surface area (Å²) in [6, 6.07) is 4.89. The van der Waals surface area contributed by atoms with Gasteiger partial charge in [-0.1, -0.05) is 26.0 Å². The molecule has 0 amide bonds. The van der Waals surface area contributed by atoms with E-state index in [1.807, 2.05) is 0 Å². The van der Waals surface area contributed by atoms with E-state index < -0.39 is 18.2 Å². The summed E-state index contributed by atoms with van der Waals surface area (Å²) in [7, 11) is 0. The normalized spacial score (nSPS) is 12.7. The number of carboxylic acids is 1. The van der Waals surface area contributed by atoms with E-state index in [0.717, 1.165) is 12.1 Å². The number of ether oxygens (including phenoxy) is 1. The van der Waals surface area contributed by atoms with Gasteiger partial charge in [-0.3, -0.25) is 4.79 Å². The molecule has 0 saturated carbocycles. The molecule has 0 bridgehead atoms. The van der Waals surface area contributed by atoms with Gasteiger partial charge >= 0.3 is 12.3 Å². The van der Waals surface area contributed by atoms with Gasteiger partial charge in [0, 0.05) is 0 Å². The summed E-state index contributed by atoms with van der Waals surface area (Å²) in [6.07, 6.45) is -4.74. The van der Waals surface area contributed by atoms with Crippen LogP contribution in [0.5, 0.6) is 5.75 Å². The van der Waals surface area contributed by atoms with Crippen molar-refractivity contribution >= 4 is 5.97 Å². The smallest absolute Gasteiger partial charge is 0.573 e. The Kier molecular flexibility index (Phi) is 6.15. The molecule has 0 aliphatic heterocycles. The Morgan fingerprint density at radius 2 is 1.68 bits per heavy atom. The van der Waals surface area contributed by atoms with Crippen LogP contribution in [0.1, 0.15) is 25.3 Å². The maximum Gasteiger partial charge on any atom is 0.573 e. The number of alkyl halides is 3. The van der Waals surface area contributed by atoms with E-state index in [9.17, 15) is 18.0 Å². The van der Waals surface area contributed by atoms with E-state index in [1.165, 1.54) is 12.1 Å². The number of benzene rings is 1. The first-order chi connectivity index (χ1) is 8.20. The fraction of sp³-hybridized carbons (Fsp3) is 0.417. The number of halogens is 4. The van der Waals surface area contributed by atoms with Gasteiger partial charge < -0.3 is 22.3 Å². The molecule has 3 nitrogen and oxygen atoms in total. The van der Waals surface area contributed by atoms with Gasteiger partial charge in [-0.15, -0.1) is 13.2 Å². The minimum absolute atomic E-state index is 0. The van der Waals surface area contributed by atoms with Gasteiger partial charge in [0.2, 0.25) is 0 Å². The van der Waals surface area contributed by atoms with Gasteiger partial charge in [-0.25, -0.2) is 0 Å². The molecule has 0 aliphatic rings. The standard InChI is InChI=1S/C12H13F3O3.ClH/c1-7(2)10(11(16)17)8-3-5-9(6-4-8)18-12(13,14)15;/h3-7,10H,1-2H3,(H,16,17);1H/p-1. The van der Waals surface area contributed by atoms with Crippen molar-refractivity contribution in [2.75, 3.05) is 0 Å². The van der Waals surface area contributed by atoms with E-state index in [-0.39, 0.29) is 24.1 Å². The Balaban J connectivity index is 0.00000324. The lowest BCUT2D eigenvalue weighted by atomic mass is 9.88. The van der Waals surface area contributed by atoms with Gasteiger partial charge in [0.05, 0.1) is 5.92 Å². The van der Waals surface area contributed by atoms with Crippen molar-refractivity contribution in [3.63, 3.8) is 0 Å². The highest BCUT2D eigenvalue weighted by Gasteiger charge is 2.31. The molecule has 0 heterocycles. The maximum atomic E-state index is 11.9. The molecule has 0 saturated heterocycles. The summed E-state index contributed by atoms with van der Waals surface area (Å²) < 4.78 is 39.5. The largest absolute Gasteiger partial charge is 1.00 e. The van der Waals surface area contributed by atoms with E-state index >= 15 is 0 Å². The third-order valence-corrected chi connectivity index (χ3v) is 2.41. The SMILES string of the molecule is CC(C)C(C(=O)O)c1ccc(OC(F)(F)F)cc1.[Cl-]. The van der Waals surface area contributed by atoms with Gasteiger partial charge in [0.25, 0.3) is 0 Å². The molecule has 1 aromatic rings. The first-order valence-corrected chi connectivity index (χ1v) is 5.29. The Hall–Kier alpha value is -1.43. The zero-order valence-corrected chi connectivity index (χ0v) is 11.0. The highest BCUT2D eigenvalue weighted by atomic mass is 35.5. The molecule has 0 aliphatic carbocycles. The zero-order chi connectivity index (χ0) is 13.9. The Morgan fingerprint density at radius 1 is 1.21 bits per heavy atom. The fourth-order valence-corrected chi connectivity index (χ4v) is 1.69. The molecule has 1 aromatic carbocycles.